The van der Waals surface area contributed by atoms with E-state index in [0.29, 0.717) is 17.7 Å². The number of hydrogen-bond acceptors (Lipinski definition) is 4. The molecular weight excluding hydrogens is 276 g/mol. The van der Waals surface area contributed by atoms with Crippen LogP contribution in [0.3, 0.4) is 0 Å². The summed E-state index contributed by atoms with van der Waals surface area (Å²) in [5.74, 6) is -0.507. The number of nitrogens with one attached hydrogen (secondary N) is 1. The van der Waals surface area contributed by atoms with E-state index in [1.54, 1.807) is 24.3 Å². The summed E-state index contributed by atoms with van der Waals surface area (Å²) in [4.78, 5) is 26.5. The number of fused-ring (bicyclic) bond motifs is 1. The monoisotopic (exact) mass is 292 g/mol. The number of benzene rings is 1. The molecule has 0 atom stereocenters. The Morgan fingerprint density at radius 2 is 1.90 bits per heavy atom. The second kappa shape index (κ2) is 6.20. The van der Waals surface area contributed by atoms with Crippen molar-refractivity contribution in [2.24, 2.45) is 0 Å². The molecule has 0 heterocycles. The molecule has 0 saturated heterocycles. The molecule has 1 N–H and O–H groups in total. The molecule has 1 aromatic carbocycles. The van der Waals surface area contributed by atoms with Crippen LogP contribution in [0.25, 0.3) is 0 Å². The van der Waals surface area contributed by atoms with Crippen LogP contribution in [-0.2, 0) is 0 Å². The Morgan fingerprint density at radius 3 is 2.55 bits per heavy atom. The number of halogens is 1. The van der Waals surface area contributed by atoms with Crippen LogP contribution in [0.5, 0.6) is 0 Å². The zero-order valence-corrected chi connectivity index (χ0v) is 12.3. The molecule has 0 amide bonds. The fourth-order valence-corrected chi connectivity index (χ4v) is 2.37. The normalized spacial score (nSPS) is 14.8. The van der Waals surface area contributed by atoms with Crippen LogP contribution < -0.4 is 5.32 Å². The largest absolute Gasteiger partial charge is 0.523 e. The summed E-state index contributed by atoms with van der Waals surface area (Å²) >= 11 is 6.03. The van der Waals surface area contributed by atoms with E-state index in [9.17, 15) is 9.59 Å². The molecule has 5 heteroatoms. The average molecular weight is 293 g/mol. The summed E-state index contributed by atoms with van der Waals surface area (Å²) in [5, 5.41) is 2.98. The van der Waals surface area contributed by atoms with E-state index in [-0.39, 0.29) is 22.3 Å². The van der Waals surface area contributed by atoms with Gasteiger partial charge in [0.05, 0.1) is 0 Å². The van der Waals surface area contributed by atoms with Crippen molar-refractivity contribution in [3.8, 4) is 0 Å². The van der Waals surface area contributed by atoms with Crippen LogP contribution >= 0.6 is 11.6 Å². The van der Waals surface area contributed by atoms with E-state index < -0.39 is 0 Å². The van der Waals surface area contributed by atoms with Gasteiger partial charge < -0.3 is 10.2 Å². The number of rotatable bonds is 5. The molecule has 0 saturated carbocycles. The third kappa shape index (κ3) is 2.92. The molecule has 0 fully saturated rings. The summed E-state index contributed by atoms with van der Waals surface area (Å²) in [6.07, 6.45) is 0.865. The second-order valence-corrected chi connectivity index (χ2v) is 5.35. The number of allylic oxidation sites excluding steroid dienone is 2. The highest BCUT2D eigenvalue weighted by Gasteiger charge is 2.39. The molecule has 105 valence electrons. The Bertz CT molecular complexity index is 579. The van der Waals surface area contributed by atoms with E-state index in [0.717, 1.165) is 13.0 Å². The maximum Gasteiger partial charge on any atom is 0.523 e. The van der Waals surface area contributed by atoms with Crippen LogP contribution in [0.15, 0.2) is 35.0 Å². The Labute approximate surface area is 123 Å². The predicted molar refractivity (Wildman–Crippen MR) is 79.2 cm³/mol. The van der Waals surface area contributed by atoms with Gasteiger partial charge in [-0.3, -0.25) is 4.79 Å². The van der Waals surface area contributed by atoms with Crippen LogP contribution in [0.1, 0.15) is 27.1 Å². The third-order valence-electron chi connectivity index (χ3n) is 3.15. The van der Waals surface area contributed by atoms with Gasteiger partial charge in [0.1, 0.15) is 10.6 Å². The van der Waals surface area contributed by atoms with Gasteiger partial charge in [0.2, 0.25) is 10.6 Å². The van der Waals surface area contributed by atoms with Crippen LogP contribution in [0, 0.1) is 0 Å². The van der Waals surface area contributed by atoms with Crippen molar-refractivity contribution in [2.75, 3.05) is 27.2 Å². The SMILES string of the molecule is CN(C)CCCNC1=C(Cl)C(=O)c2ccccc2C1=[O+]. The first-order chi connectivity index (χ1) is 9.52. The maximum atomic E-state index is 12.3. The first-order valence-electron chi connectivity index (χ1n) is 6.49. The molecule has 1 aromatic rings. The fourth-order valence-electron chi connectivity index (χ4n) is 2.11. The Morgan fingerprint density at radius 1 is 1.25 bits per heavy atom. The Hall–Kier alpha value is -1.65. The molecule has 1 radical (unpaired) electrons. The smallest absolute Gasteiger partial charge is 0.376 e. The van der Waals surface area contributed by atoms with Crippen LogP contribution in [0.4, 0.5) is 0 Å². The summed E-state index contributed by atoms with van der Waals surface area (Å²) in [7, 11) is 3.97. The van der Waals surface area contributed by atoms with Gasteiger partial charge in [-0.2, -0.15) is 0 Å². The molecule has 0 unspecified atom stereocenters. The number of carbonyl (C=O) groups is 2. The standard InChI is InChI=1S/C15H17ClN2O2/c1-18(2)9-5-8-17-13-12(16)14(19)10-6-3-4-7-11(10)15(13)20/h3-4,6-7,17H,5,8-9H2,1-2H3/q+1. The van der Waals surface area contributed by atoms with E-state index in [1.807, 2.05) is 14.1 Å². The topological polar surface area (TPSA) is 52.2 Å². The molecule has 2 rings (SSSR count). The first kappa shape index (κ1) is 14.8. The number of hydrogen-bond donors (Lipinski definition) is 1. The van der Waals surface area contributed by atoms with Crippen LogP contribution in [-0.4, -0.2) is 43.7 Å². The highest BCUT2D eigenvalue weighted by Crippen LogP contribution is 2.26. The Balaban J connectivity index is 2.15. The van der Waals surface area contributed by atoms with Crippen LogP contribution in [0.2, 0.25) is 0 Å². The van der Waals surface area contributed by atoms with Crippen molar-refractivity contribution in [1.29, 1.82) is 0 Å². The molecule has 0 aromatic heterocycles. The minimum Gasteiger partial charge on any atom is -0.376 e. The lowest BCUT2D eigenvalue weighted by molar-refractivity contribution is 0.0974. The number of ketones is 2. The Kier molecular flexibility index (Phi) is 4.57. The molecule has 1 aliphatic carbocycles. The van der Waals surface area contributed by atoms with Gasteiger partial charge in [0.15, 0.2) is 5.70 Å². The van der Waals surface area contributed by atoms with E-state index in [4.69, 9.17) is 11.6 Å². The minimum atomic E-state index is -0.294. The van der Waals surface area contributed by atoms with Crippen molar-refractivity contribution in [1.82, 2.24) is 10.2 Å². The van der Waals surface area contributed by atoms with Crippen molar-refractivity contribution in [3.63, 3.8) is 0 Å². The van der Waals surface area contributed by atoms with E-state index in [2.05, 4.69) is 10.2 Å². The van der Waals surface area contributed by atoms with Gasteiger partial charge in [0, 0.05) is 12.1 Å². The number of nitrogens with zero attached hydrogens (tertiary/aromatic N) is 1. The lowest BCUT2D eigenvalue weighted by Crippen LogP contribution is -2.30. The van der Waals surface area contributed by atoms with Crippen molar-refractivity contribution < 1.29 is 9.59 Å². The predicted octanol–water partition coefficient (Wildman–Crippen LogP) is 2.06. The molecule has 0 spiro atoms. The van der Waals surface area contributed by atoms with Gasteiger partial charge in [-0.15, -0.1) is 0 Å². The summed E-state index contributed by atoms with van der Waals surface area (Å²) in [6, 6.07) is 6.75. The molecule has 1 aliphatic rings. The van der Waals surface area contributed by atoms with Gasteiger partial charge in [-0.1, -0.05) is 29.8 Å². The highest BCUT2D eigenvalue weighted by atomic mass is 35.5. The van der Waals surface area contributed by atoms with Gasteiger partial charge in [0.25, 0.3) is 0 Å². The second-order valence-electron chi connectivity index (χ2n) is 4.98. The zero-order chi connectivity index (χ0) is 14.7. The summed E-state index contributed by atoms with van der Waals surface area (Å²) < 4.78 is 0. The van der Waals surface area contributed by atoms with Gasteiger partial charge in [-0.05, 0) is 33.1 Å². The minimum absolute atomic E-state index is 0.0152. The van der Waals surface area contributed by atoms with Crippen molar-refractivity contribution >= 4 is 23.2 Å². The maximum absolute atomic E-state index is 12.3. The number of carbonyl (C=O) groups excluding carboxylic acids is 2. The zero-order valence-electron chi connectivity index (χ0n) is 11.6. The first-order valence-corrected chi connectivity index (χ1v) is 6.87. The quantitative estimate of drug-likeness (QED) is 0.667. The summed E-state index contributed by atoms with van der Waals surface area (Å²) in [6.45, 7) is 1.50. The lowest BCUT2D eigenvalue weighted by Gasteiger charge is -2.14. The van der Waals surface area contributed by atoms with Gasteiger partial charge in [-0.25, -0.2) is 0 Å². The van der Waals surface area contributed by atoms with Crippen molar-refractivity contribution in [3.05, 3.63) is 46.1 Å². The molecule has 0 aliphatic heterocycles. The average Bonchev–Trinajstić information content (AvgIpc) is 2.44. The third-order valence-corrected chi connectivity index (χ3v) is 3.51. The summed E-state index contributed by atoms with van der Waals surface area (Å²) in [5.41, 5.74) is 1.01. The van der Waals surface area contributed by atoms with Gasteiger partial charge >= 0.3 is 5.78 Å². The molecule has 20 heavy (non-hydrogen) atoms. The molecule has 0 bridgehead atoms. The molecule has 4 nitrogen and oxygen atoms in total. The van der Waals surface area contributed by atoms with E-state index >= 15 is 0 Å². The molecular formula is C15H17ClN2O2+. The number of Topliss-reactive ketones (excluding diaryl/α,β-unsaturated/α-hetero) is 2. The fraction of sp³-hybridized carbons (Fsp3) is 0.333. The lowest BCUT2D eigenvalue weighted by atomic mass is 9.92. The van der Waals surface area contributed by atoms with Crippen molar-refractivity contribution in [2.45, 2.75) is 6.42 Å². The highest BCUT2D eigenvalue weighted by molar-refractivity contribution is 6.49. The van der Waals surface area contributed by atoms with E-state index in [1.165, 1.54) is 0 Å².